The molecule has 0 fully saturated rings. The average Bonchev–Trinajstić information content (AvgIpc) is 2.46. The van der Waals surface area contributed by atoms with Gasteiger partial charge >= 0.3 is 0 Å². The van der Waals surface area contributed by atoms with Crippen LogP contribution in [0.5, 0.6) is 5.75 Å². The predicted octanol–water partition coefficient (Wildman–Crippen LogP) is 3.10. The van der Waals surface area contributed by atoms with Crippen molar-refractivity contribution in [2.24, 2.45) is 0 Å². The van der Waals surface area contributed by atoms with Gasteiger partial charge in [0.1, 0.15) is 5.75 Å². The Bertz CT molecular complexity index is 625. The molecule has 0 saturated heterocycles. The molecule has 0 aromatic heterocycles. The molecular weight excluding hydrogens is 240 g/mol. The van der Waals surface area contributed by atoms with Crippen LogP contribution < -0.4 is 0 Å². The maximum Gasteiger partial charge on any atom is 0.186 e. The first-order valence-electron chi connectivity index (χ1n) is 5.76. The maximum atomic E-state index is 12.0. The fourth-order valence-electron chi connectivity index (χ4n) is 1.67. The highest BCUT2D eigenvalue weighted by atomic mass is 16.3. The molecule has 94 valence electrons. The van der Waals surface area contributed by atoms with Crippen molar-refractivity contribution in [2.45, 2.75) is 0 Å². The standard InChI is InChI=1S/C16H12O3/c17-11-13-3-1-2-4-15(13)16(19)10-7-12-5-8-14(18)9-6-12/h1-11,18H/b10-7+. The van der Waals surface area contributed by atoms with E-state index in [9.17, 15) is 9.59 Å². The van der Waals surface area contributed by atoms with Crippen LogP contribution in [0.2, 0.25) is 0 Å². The van der Waals surface area contributed by atoms with Crippen molar-refractivity contribution in [1.29, 1.82) is 0 Å². The molecule has 0 bridgehead atoms. The fourth-order valence-corrected chi connectivity index (χ4v) is 1.67. The zero-order chi connectivity index (χ0) is 13.7. The van der Waals surface area contributed by atoms with Crippen molar-refractivity contribution in [3.8, 4) is 5.75 Å². The molecule has 2 aromatic carbocycles. The minimum absolute atomic E-state index is 0.176. The number of aldehydes is 1. The highest BCUT2D eigenvalue weighted by molar-refractivity contribution is 6.10. The quantitative estimate of drug-likeness (QED) is 0.517. The minimum atomic E-state index is -0.226. The lowest BCUT2D eigenvalue weighted by atomic mass is 10.0. The van der Waals surface area contributed by atoms with Crippen LogP contribution in [-0.2, 0) is 0 Å². The second-order valence-corrected chi connectivity index (χ2v) is 3.99. The number of carbonyl (C=O) groups excluding carboxylic acids is 2. The summed E-state index contributed by atoms with van der Waals surface area (Å²) in [6, 6.07) is 13.1. The molecule has 0 aliphatic rings. The molecular formula is C16H12O3. The molecule has 0 saturated carbocycles. The highest BCUT2D eigenvalue weighted by Crippen LogP contribution is 2.12. The number of allylic oxidation sites excluding steroid dienone is 1. The number of hydrogen-bond acceptors (Lipinski definition) is 3. The third kappa shape index (κ3) is 3.16. The van der Waals surface area contributed by atoms with E-state index in [0.717, 1.165) is 5.56 Å². The van der Waals surface area contributed by atoms with Crippen molar-refractivity contribution in [1.82, 2.24) is 0 Å². The van der Waals surface area contributed by atoms with Crippen LogP contribution in [-0.4, -0.2) is 17.2 Å². The van der Waals surface area contributed by atoms with E-state index in [1.165, 1.54) is 6.08 Å². The van der Waals surface area contributed by atoms with Gasteiger partial charge in [0.05, 0.1) is 0 Å². The Morgan fingerprint density at radius 2 is 1.68 bits per heavy atom. The van der Waals surface area contributed by atoms with Crippen LogP contribution in [0.4, 0.5) is 0 Å². The van der Waals surface area contributed by atoms with Crippen LogP contribution in [0, 0.1) is 0 Å². The number of benzene rings is 2. The van der Waals surface area contributed by atoms with E-state index < -0.39 is 0 Å². The molecule has 0 amide bonds. The SMILES string of the molecule is O=Cc1ccccc1C(=O)/C=C/c1ccc(O)cc1. The molecule has 0 unspecified atom stereocenters. The summed E-state index contributed by atoms with van der Waals surface area (Å²) in [4.78, 5) is 22.8. The number of rotatable bonds is 4. The van der Waals surface area contributed by atoms with Gasteiger partial charge < -0.3 is 5.11 Å². The van der Waals surface area contributed by atoms with Crippen LogP contribution in [0.1, 0.15) is 26.3 Å². The van der Waals surface area contributed by atoms with Gasteiger partial charge in [-0.3, -0.25) is 9.59 Å². The molecule has 0 atom stereocenters. The van der Waals surface area contributed by atoms with E-state index in [-0.39, 0.29) is 11.5 Å². The van der Waals surface area contributed by atoms with Crippen molar-refractivity contribution in [3.63, 3.8) is 0 Å². The Kier molecular flexibility index (Phi) is 3.88. The van der Waals surface area contributed by atoms with Crippen LogP contribution in [0.3, 0.4) is 0 Å². The van der Waals surface area contributed by atoms with Gasteiger partial charge in [-0.25, -0.2) is 0 Å². The van der Waals surface area contributed by atoms with E-state index in [0.29, 0.717) is 17.4 Å². The molecule has 0 aliphatic carbocycles. The highest BCUT2D eigenvalue weighted by Gasteiger charge is 2.06. The number of aromatic hydroxyl groups is 1. The summed E-state index contributed by atoms with van der Waals surface area (Å²) in [5, 5.41) is 9.15. The second-order valence-electron chi connectivity index (χ2n) is 3.99. The third-order valence-electron chi connectivity index (χ3n) is 2.67. The molecule has 2 rings (SSSR count). The number of carbonyl (C=O) groups is 2. The van der Waals surface area contributed by atoms with Crippen LogP contribution >= 0.6 is 0 Å². The van der Waals surface area contributed by atoms with Crippen molar-refractivity contribution < 1.29 is 14.7 Å². The summed E-state index contributed by atoms with van der Waals surface area (Å²) >= 11 is 0. The number of phenols is 1. The van der Waals surface area contributed by atoms with Crippen molar-refractivity contribution in [2.75, 3.05) is 0 Å². The minimum Gasteiger partial charge on any atom is -0.508 e. The Morgan fingerprint density at radius 3 is 2.37 bits per heavy atom. The number of ketones is 1. The molecule has 3 nitrogen and oxygen atoms in total. The average molecular weight is 252 g/mol. The van der Waals surface area contributed by atoms with E-state index >= 15 is 0 Å². The van der Waals surface area contributed by atoms with E-state index in [2.05, 4.69) is 0 Å². The topological polar surface area (TPSA) is 54.4 Å². The summed E-state index contributed by atoms with van der Waals surface area (Å²) in [6.45, 7) is 0. The lowest BCUT2D eigenvalue weighted by Crippen LogP contribution is -1.99. The zero-order valence-electron chi connectivity index (χ0n) is 10.1. The van der Waals surface area contributed by atoms with E-state index in [1.54, 1.807) is 54.6 Å². The van der Waals surface area contributed by atoms with Gasteiger partial charge in [0.2, 0.25) is 0 Å². The first-order valence-corrected chi connectivity index (χ1v) is 5.76. The monoisotopic (exact) mass is 252 g/mol. The summed E-state index contributed by atoms with van der Waals surface area (Å²) < 4.78 is 0. The Hall–Kier alpha value is -2.68. The van der Waals surface area contributed by atoms with Gasteiger partial charge in [-0.15, -0.1) is 0 Å². The summed E-state index contributed by atoms with van der Waals surface area (Å²) in [5.74, 6) is -0.0504. The molecule has 0 radical (unpaired) electrons. The van der Waals surface area contributed by atoms with Gasteiger partial charge in [0.25, 0.3) is 0 Å². The molecule has 0 aliphatic heterocycles. The van der Waals surface area contributed by atoms with Gasteiger partial charge in [0, 0.05) is 11.1 Å². The molecule has 0 spiro atoms. The third-order valence-corrected chi connectivity index (χ3v) is 2.67. The molecule has 2 aromatic rings. The van der Waals surface area contributed by atoms with E-state index in [1.807, 2.05) is 0 Å². The smallest absolute Gasteiger partial charge is 0.186 e. The van der Waals surface area contributed by atoms with Crippen LogP contribution in [0.25, 0.3) is 6.08 Å². The maximum absolute atomic E-state index is 12.0. The molecule has 19 heavy (non-hydrogen) atoms. The summed E-state index contributed by atoms with van der Waals surface area (Å²) in [5.41, 5.74) is 1.56. The van der Waals surface area contributed by atoms with Gasteiger partial charge in [-0.05, 0) is 23.8 Å². The molecule has 1 N–H and O–H groups in total. The summed E-state index contributed by atoms with van der Waals surface area (Å²) in [7, 11) is 0. The van der Waals surface area contributed by atoms with Gasteiger partial charge in [-0.1, -0.05) is 42.5 Å². The first-order chi connectivity index (χ1) is 9.20. The number of hydrogen-bond donors (Lipinski definition) is 1. The summed E-state index contributed by atoms with van der Waals surface area (Å²) in [6.07, 6.45) is 3.72. The van der Waals surface area contributed by atoms with Crippen LogP contribution in [0.15, 0.2) is 54.6 Å². The fraction of sp³-hybridized carbons (Fsp3) is 0. The van der Waals surface area contributed by atoms with Gasteiger partial charge in [0.15, 0.2) is 12.1 Å². The lowest BCUT2D eigenvalue weighted by molar-refractivity contribution is 0.103. The predicted molar refractivity (Wildman–Crippen MR) is 73.3 cm³/mol. The van der Waals surface area contributed by atoms with E-state index in [4.69, 9.17) is 5.11 Å². The van der Waals surface area contributed by atoms with Crippen molar-refractivity contribution in [3.05, 3.63) is 71.3 Å². The lowest BCUT2D eigenvalue weighted by Gasteiger charge is -1.99. The second kappa shape index (κ2) is 5.78. The number of phenolic OH excluding ortho intramolecular Hbond substituents is 1. The Morgan fingerprint density at radius 1 is 1.00 bits per heavy atom. The molecule has 3 heteroatoms. The Balaban J connectivity index is 2.21. The Labute approximate surface area is 110 Å². The van der Waals surface area contributed by atoms with Crippen molar-refractivity contribution >= 4 is 18.1 Å². The normalized spacial score (nSPS) is 10.5. The zero-order valence-corrected chi connectivity index (χ0v) is 10.1. The largest absolute Gasteiger partial charge is 0.508 e. The van der Waals surface area contributed by atoms with Gasteiger partial charge in [-0.2, -0.15) is 0 Å². The first kappa shape index (κ1) is 12.8. The molecule has 0 heterocycles.